The summed E-state index contributed by atoms with van der Waals surface area (Å²) in [7, 11) is -9.27. The summed E-state index contributed by atoms with van der Waals surface area (Å²) in [4.78, 5) is 21.8. The van der Waals surface area contributed by atoms with Crippen LogP contribution < -0.4 is 27.4 Å². The number of anilines is 4. The maximum Gasteiger partial charge on any atom is 0.316 e. The van der Waals surface area contributed by atoms with Crippen LogP contribution in [0.15, 0.2) is 90.9 Å². The third-order valence-electron chi connectivity index (χ3n) is 5.60. The van der Waals surface area contributed by atoms with E-state index in [1.165, 1.54) is 42.5 Å². The van der Waals surface area contributed by atoms with E-state index in [1.807, 2.05) is 0 Å². The Labute approximate surface area is 266 Å². The fourth-order valence-electron chi connectivity index (χ4n) is 3.56. The summed E-state index contributed by atoms with van der Waals surface area (Å²) in [5.74, 6) is -0.260. The van der Waals surface area contributed by atoms with Crippen LogP contribution in [-0.4, -0.2) is 59.5 Å². The molecule has 1 heterocycles. The normalized spacial score (nSPS) is 12.7. The van der Waals surface area contributed by atoms with Crippen LogP contribution in [0.3, 0.4) is 0 Å². The van der Waals surface area contributed by atoms with Crippen molar-refractivity contribution in [3.8, 4) is 0 Å². The number of amides is 2. The van der Waals surface area contributed by atoms with Crippen LogP contribution in [0.5, 0.6) is 0 Å². The zero-order chi connectivity index (χ0) is 34.4. The zero-order valence-corrected chi connectivity index (χ0v) is 25.6. The van der Waals surface area contributed by atoms with Gasteiger partial charge in [-0.05, 0) is 67.6 Å². The quantitative estimate of drug-likeness (QED) is 0.0806. The van der Waals surface area contributed by atoms with Crippen molar-refractivity contribution in [3.63, 3.8) is 0 Å². The molecule has 1 aromatic heterocycles. The van der Waals surface area contributed by atoms with E-state index in [9.17, 15) is 30.6 Å². The number of benzene rings is 3. The number of nitrogens with one attached hydrogen (secondary N) is 3. The summed E-state index contributed by atoms with van der Waals surface area (Å²) in [6.45, 7) is 1.99. The lowest BCUT2D eigenvalue weighted by molar-refractivity contribution is 0.259. The molecule has 4 aromatic rings. The number of nitrogens with two attached hydrogens (primary N) is 2. The van der Waals surface area contributed by atoms with Crippen LogP contribution in [0.2, 0.25) is 0 Å². The molecule has 0 fully saturated rings. The van der Waals surface area contributed by atoms with Crippen LogP contribution in [0.1, 0.15) is 6.92 Å². The first kappa shape index (κ1) is 34.3. The summed E-state index contributed by atoms with van der Waals surface area (Å²) in [6, 6.07) is 11.0. The van der Waals surface area contributed by atoms with Gasteiger partial charge < -0.3 is 27.4 Å². The molecule has 4 rings (SSSR count). The molecule has 9 N–H and O–H groups in total. The molecule has 0 aliphatic heterocycles. The highest BCUT2D eigenvalue weighted by Crippen LogP contribution is 2.34. The lowest BCUT2D eigenvalue weighted by Crippen LogP contribution is -2.26. The second-order valence-electron chi connectivity index (χ2n) is 9.45. The highest BCUT2D eigenvalue weighted by molar-refractivity contribution is 7.86. The predicted octanol–water partition coefficient (Wildman–Crippen LogP) is 4.33. The average molecular weight is 689 g/mol. The Morgan fingerprint density at radius 1 is 0.851 bits per heavy atom. The summed E-state index contributed by atoms with van der Waals surface area (Å²) in [6.07, 6.45) is -1.08. The van der Waals surface area contributed by atoms with Gasteiger partial charge in [0.1, 0.15) is 16.3 Å². The van der Waals surface area contributed by atoms with Crippen molar-refractivity contribution in [2.24, 2.45) is 31.9 Å². The molecule has 19 nitrogen and oxygen atoms in total. The number of rotatable bonds is 12. The molecule has 0 saturated carbocycles. The van der Waals surface area contributed by atoms with E-state index in [0.717, 1.165) is 18.2 Å². The first-order valence-electron chi connectivity index (χ1n) is 13.0. The Bertz CT molecular complexity index is 2080. The fraction of sp³-hybridized carbons (Fsp3) is 0.120. The van der Waals surface area contributed by atoms with Crippen molar-refractivity contribution < 1.29 is 35.1 Å². The number of carbonyl (C=O) groups excluding carboxylic acids is 1. The maximum atomic E-state index is 14.0. The molecule has 0 spiro atoms. The largest absolute Gasteiger partial charge is 0.352 e. The summed E-state index contributed by atoms with van der Waals surface area (Å²) in [5.41, 5.74) is 11.0. The molecule has 22 heteroatoms. The molecule has 0 bridgehead atoms. The van der Waals surface area contributed by atoms with Crippen LogP contribution in [0.25, 0.3) is 0 Å². The minimum absolute atomic E-state index is 0.00470. The molecule has 0 saturated heterocycles. The van der Waals surface area contributed by atoms with E-state index in [1.54, 1.807) is 6.92 Å². The van der Waals surface area contributed by atoms with E-state index in [2.05, 4.69) is 51.4 Å². The lowest BCUT2D eigenvalue weighted by Gasteiger charge is -2.11. The van der Waals surface area contributed by atoms with Gasteiger partial charge in [0.05, 0.1) is 22.0 Å². The van der Waals surface area contributed by atoms with E-state index >= 15 is 0 Å². The Morgan fingerprint density at radius 2 is 1.47 bits per heavy atom. The Kier molecular flexibility index (Phi) is 10.4. The van der Waals surface area contributed by atoms with E-state index in [-0.39, 0.29) is 63.5 Å². The van der Waals surface area contributed by atoms with Crippen LogP contribution in [-0.2, 0) is 20.2 Å². The van der Waals surface area contributed by atoms with Crippen molar-refractivity contribution in [1.29, 1.82) is 0 Å². The van der Waals surface area contributed by atoms with Crippen molar-refractivity contribution in [2.75, 3.05) is 22.5 Å². The first-order chi connectivity index (χ1) is 22.1. The van der Waals surface area contributed by atoms with Crippen LogP contribution in [0, 0.1) is 6.08 Å². The second-order valence-corrected chi connectivity index (χ2v) is 12.3. The minimum Gasteiger partial charge on any atom is -0.352 e. The highest BCUT2D eigenvalue weighted by Gasteiger charge is 2.18. The molecule has 1 atom stereocenters. The average Bonchev–Trinajstić information content (AvgIpc) is 2.97. The van der Waals surface area contributed by atoms with Crippen LogP contribution >= 0.6 is 0 Å². The lowest BCUT2D eigenvalue weighted by atomic mass is 10.2. The van der Waals surface area contributed by atoms with Gasteiger partial charge in [-0.3, -0.25) is 9.11 Å². The third-order valence-corrected chi connectivity index (χ3v) is 7.35. The van der Waals surface area contributed by atoms with Crippen molar-refractivity contribution in [1.82, 2.24) is 15.0 Å². The highest BCUT2D eigenvalue weighted by atomic mass is 32.2. The van der Waals surface area contributed by atoms with Gasteiger partial charge in [0, 0.05) is 18.3 Å². The van der Waals surface area contributed by atoms with Gasteiger partial charge in [0.2, 0.25) is 11.9 Å². The number of nitrogens with zero attached hydrogens (tertiary/aromatic N) is 7. The van der Waals surface area contributed by atoms with Gasteiger partial charge in [-0.15, -0.1) is 10.2 Å². The van der Waals surface area contributed by atoms with E-state index in [0.29, 0.717) is 0 Å². The minimum atomic E-state index is -4.86. The Hall–Kier alpha value is -5.55. The van der Waals surface area contributed by atoms with Gasteiger partial charge in [-0.2, -0.15) is 46.4 Å². The number of hydrogen-bond acceptors (Lipinski definition) is 15. The number of azo groups is 2. The van der Waals surface area contributed by atoms with Crippen molar-refractivity contribution in [3.05, 3.63) is 66.7 Å². The summed E-state index contributed by atoms with van der Waals surface area (Å²) >= 11 is 0. The number of primary amides is 1. The summed E-state index contributed by atoms with van der Waals surface area (Å²) < 4.78 is 79.5. The SMILES string of the molecule is CC(N)CNc1nc(F)nc(Nc2ccc(/N=N/c3ccc(/N=N/c4ccc(S(=O)(=O)O)cc4)cc3S(=O)(=O)O)c(NC(N)=O)c2)n1. The predicted molar refractivity (Wildman–Crippen MR) is 166 cm³/mol. The van der Waals surface area contributed by atoms with Gasteiger partial charge in [0.15, 0.2) is 0 Å². The molecular formula is C25H25FN12O7S2. The van der Waals surface area contributed by atoms with E-state index < -0.39 is 37.2 Å². The Morgan fingerprint density at radius 3 is 2.11 bits per heavy atom. The molecule has 2 amide bonds. The Balaban J connectivity index is 1.60. The molecule has 47 heavy (non-hydrogen) atoms. The molecule has 246 valence electrons. The zero-order valence-electron chi connectivity index (χ0n) is 24.0. The van der Waals surface area contributed by atoms with Gasteiger partial charge in [0.25, 0.3) is 20.2 Å². The fourth-order valence-corrected chi connectivity index (χ4v) is 4.69. The second kappa shape index (κ2) is 14.3. The van der Waals surface area contributed by atoms with Crippen molar-refractivity contribution in [2.45, 2.75) is 22.8 Å². The standard InChI is InChI=1S/C25H25FN12O7S2/c1-13(27)12-29-24-32-22(26)33-25(34-24)30-15-4-8-18(20(10-15)31-23(28)39)37-38-19-9-5-16(11-21(19)47(43,44)45)36-35-14-2-6-17(7-3-14)46(40,41)42/h2-11,13H,12,27H2,1H3,(H3,28,31,39)(H,40,41,42)(H,43,44,45)(H2,29,30,32,33,34)/b36-35+,38-37+. The third kappa shape index (κ3) is 9.97. The number of carbonyl (C=O) groups is 1. The van der Waals surface area contributed by atoms with Gasteiger partial charge in [-0.1, -0.05) is 0 Å². The molecular weight excluding hydrogens is 663 g/mol. The van der Waals surface area contributed by atoms with Gasteiger partial charge in [-0.25, -0.2) is 4.79 Å². The molecule has 0 aliphatic rings. The van der Waals surface area contributed by atoms with Crippen molar-refractivity contribution >= 4 is 72.3 Å². The van der Waals surface area contributed by atoms with Crippen LogP contribution in [0.4, 0.5) is 55.2 Å². The number of halogens is 1. The molecule has 3 aromatic carbocycles. The van der Waals surface area contributed by atoms with Gasteiger partial charge >= 0.3 is 12.1 Å². The molecule has 1 unspecified atom stereocenters. The van der Waals surface area contributed by atoms with E-state index in [4.69, 9.17) is 16.0 Å². The number of hydrogen-bond donors (Lipinski definition) is 7. The first-order valence-corrected chi connectivity index (χ1v) is 15.9. The topological polar surface area (TPSA) is 302 Å². The smallest absolute Gasteiger partial charge is 0.316 e. The molecule has 0 radical (unpaired) electrons. The maximum absolute atomic E-state index is 14.0. The molecule has 0 aliphatic carbocycles. The summed E-state index contributed by atoms with van der Waals surface area (Å²) in [5, 5.41) is 23.5. The number of aromatic nitrogens is 3. The monoisotopic (exact) mass is 688 g/mol. The number of urea groups is 1.